The largest absolute Gasteiger partial charge is 0.466 e. The Balaban J connectivity index is 1.67. The second-order valence-electron chi connectivity index (χ2n) is 11.1. The molecule has 0 aromatic heterocycles. The van der Waals surface area contributed by atoms with Crippen molar-refractivity contribution in [3.63, 3.8) is 0 Å². The summed E-state index contributed by atoms with van der Waals surface area (Å²) in [6.07, 6.45) is 1.86. The van der Waals surface area contributed by atoms with E-state index in [1.165, 1.54) is 0 Å². The molecule has 0 radical (unpaired) electrons. The minimum atomic E-state index is -1.35. The van der Waals surface area contributed by atoms with E-state index in [0.29, 0.717) is 44.2 Å². The Kier molecular flexibility index (Phi) is 13.2. The van der Waals surface area contributed by atoms with Gasteiger partial charge >= 0.3 is 11.9 Å². The summed E-state index contributed by atoms with van der Waals surface area (Å²) in [6.45, 7) is 12.9. The van der Waals surface area contributed by atoms with Gasteiger partial charge in [0.25, 0.3) is 11.9 Å². The molecule has 0 bridgehead atoms. The summed E-state index contributed by atoms with van der Waals surface area (Å²) in [6, 6.07) is 0. The van der Waals surface area contributed by atoms with E-state index < -0.39 is 28.9 Å². The molecule has 2 aliphatic heterocycles. The number of rotatable bonds is 16. The molecule has 2 fully saturated rings. The molecular formula is C27H47O11P. The number of carbonyl (C=O) groups excluding carboxylic acids is 2. The molecule has 0 saturated carbocycles. The summed E-state index contributed by atoms with van der Waals surface area (Å²) in [5.41, 5.74) is -1.01. The summed E-state index contributed by atoms with van der Waals surface area (Å²) in [4.78, 5) is 24.0. The van der Waals surface area contributed by atoms with E-state index >= 15 is 0 Å². The van der Waals surface area contributed by atoms with Crippen molar-refractivity contribution in [2.24, 2.45) is 11.3 Å². The highest BCUT2D eigenvalue weighted by atomic mass is 31.0. The van der Waals surface area contributed by atoms with Gasteiger partial charge in [0.2, 0.25) is 0 Å². The van der Waals surface area contributed by atoms with E-state index in [1.807, 2.05) is 41.5 Å². The zero-order valence-electron chi connectivity index (χ0n) is 24.6. The SMILES string of the molecule is CCC1(OC)OCC2(CO1)COC(CC)(OCC(=O)OCC(=P)COC(C)(C)CCOC(=O)CC(C)C)OC2. The minimum absolute atomic E-state index is 0.00976. The van der Waals surface area contributed by atoms with Crippen LogP contribution in [0.3, 0.4) is 0 Å². The van der Waals surface area contributed by atoms with Crippen LogP contribution in [0.5, 0.6) is 0 Å². The van der Waals surface area contributed by atoms with Gasteiger partial charge in [-0.2, -0.15) is 0 Å². The normalized spacial score (nSPS) is 27.5. The van der Waals surface area contributed by atoms with Gasteiger partial charge in [0, 0.05) is 38.1 Å². The van der Waals surface area contributed by atoms with Gasteiger partial charge in [-0.15, -0.1) is 8.86 Å². The Hall–Kier alpha value is -1.17. The molecule has 0 unspecified atom stereocenters. The molecule has 2 aliphatic rings. The molecular weight excluding hydrogens is 531 g/mol. The molecule has 2 heterocycles. The predicted octanol–water partition coefficient (Wildman–Crippen LogP) is 3.49. The third-order valence-corrected chi connectivity index (χ3v) is 6.86. The van der Waals surface area contributed by atoms with E-state index in [-0.39, 0.29) is 51.5 Å². The van der Waals surface area contributed by atoms with Crippen molar-refractivity contribution in [1.82, 2.24) is 0 Å². The lowest BCUT2D eigenvalue weighted by atomic mass is 9.90. The number of methoxy groups -OCH3 is 1. The van der Waals surface area contributed by atoms with Gasteiger partial charge in [0.15, 0.2) is 6.61 Å². The second-order valence-corrected chi connectivity index (χ2v) is 11.8. The lowest BCUT2D eigenvalue weighted by molar-refractivity contribution is -0.461. The molecule has 12 heteroatoms. The fourth-order valence-corrected chi connectivity index (χ4v) is 3.96. The van der Waals surface area contributed by atoms with Crippen LogP contribution < -0.4 is 0 Å². The Morgan fingerprint density at radius 3 is 1.95 bits per heavy atom. The van der Waals surface area contributed by atoms with E-state index in [4.69, 9.17) is 42.6 Å². The quantitative estimate of drug-likeness (QED) is 0.198. The fourth-order valence-electron chi connectivity index (χ4n) is 3.82. The maximum absolute atomic E-state index is 12.3. The summed E-state index contributed by atoms with van der Waals surface area (Å²) in [5.74, 6) is -2.92. The van der Waals surface area contributed by atoms with Gasteiger partial charge in [-0.25, -0.2) is 4.79 Å². The maximum atomic E-state index is 12.3. The molecule has 2 rings (SSSR count). The molecule has 226 valence electrons. The van der Waals surface area contributed by atoms with Crippen molar-refractivity contribution in [3.05, 3.63) is 0 Å². The third-order valence-electron chi connectivity index (χ3n) is 6.57. The summed E-state index contributed by atoms with van der Waals surface area (Å²) in [7, 11) is 5.00. The highest BCUT2D eigenvalue weighted by molar-refractivity contribution is 7.21. The zero-order valence-corrected chi connectivity index (χ0v) is 25.6. The van der Waals surface area contributed by atoms with Gasteiger partial charge in [0.05, 0.1) is 50.7 Å². The topological polar surface area (TPSA) is 117 Å². The molecule has 11 nitrogen and oxygen atoms in total. The average Bonchev–Trinajstić information content (AvgIpc) is 2.91. The van der Waals surface area contributed by atoms with Crippen LogP contribution in [0.25, 0.3) is 0 Å². The van der Waals surface area contributed by atoms with Crippen molar-refractivity contribution < 1.29 is 52.2 Å². The first-order valence-electron chi connectivity index (χ1n) is 13.6. The zero-order chi connectivity index (χ0) is 29.2. The standard InChI is InChI=1S/C27H47O11P/c1-8-26(30-7)35-16-25(17-36-26)18-37-27(9-2,38-19-25)34-15-23(29)32-13-21(39)14-33-24(5,6)10-11-31-22(28)12-20(3)4/h20,39H,8-19H2,1-7H3. The number of carbonyl (C=O) groups is 2. The van der Waals surface area contributed by atoms with Crippen molar-refractivity contribution in [1.29, 1.82) is 0 Å². The molecule has 0 aliphatic carbocycles. The Labute approximate surface area is 234 Å². The smallest absolute Gasteiger partial charge is 0.332 e. The fraction of sp³-hybridized carbons (Fsp3) is 0.889. The molecule has 0 atom stereocenters. The van der Waals surface area contributed by atoms with E-state index in [0.717, 1.165) is 0 Å². The number of hydrogen-bond donors (Lipinski definition) is 0. The lowest BCUT2D eigenvalue weighted by Gasteiger charge is -2.49. The van der Waals surface area contributed by atoms with Crippen LogP contribution in [0, 0.1) is 11.3 Å². The first-order chi connectivity index (χ1) is 18.3. The monoisotopic (exact) mass is 578 g/mol. The van der Waals surface area contributed by atoms with Gasteiger partial charge in [0.1, 0.15) is 6.61 Å². The van der Waals surface area contributed by atoms with Crippen LogP contribution >= 0.6 is 8.86 Å². The van der Waals surface area contributed by atoms with Crippen molar-refractivity contribution >= 4 is 26.1 Å². The Bertz CT molecular complexity index is 790. The van der Waals surface area contributed by atoms with Gasteiger partial charge in [-0.3, -0.25) is 4.79 Å². The predicted molar refractivity (Wildman–Crippen MR) is 145 cm³/mol. The van der Waals surface area contributed by atoms with Gasteiger partial charge < -0.3 is 42.6 Å². The number of hydrogen-bond acceptors (Lipinski definition) is 11. The van der Waals surface area contributed by atoms with E-state index in [1.54, 1.807) is 7.11 Å². The van der Waals surface area contributed by atoms with Crippen LogP contribution in [-0.4, -0.2) is 94.7 Å². The van der Waals surface area contributed by atoms with Crippen molar-refractivity contribution in [2.45, 2.75) is 84.8 Å². The molecule has 39 heavy (non-hydrogen) atoms. The molecule has 2 saturated heterocycles. The highest BCUT2D eigenvalue weighted by Gasteiger charge is 2.51. The van der Waals surface area contributed by atoms with Gasteiger partial charge in [-0.05, 0) is 19.8 Å². The van der Waals surface area contributed by atoms with Crippen LogP contribution in [0.2, 0.25) is 0 Å². The van der Waals surface area contributed by atoms with E-state index in [2.05, 4.69) is 8.86 Å². The van der Waals surface area contributed by atoms with Crippen molar-refractivity contribution in [2.75, 3.05) is 60.0 Å². The first-order valence-corrected chi connectivity index (χ1v) is 14.1. The number of ether oxygens (including phenoxy) is 9. The minimum Gasteiger partial charge on any atom is -0.466 e. The van der Waals surface area contributed by atoms with Gasteiger partial charge in [-0.1, -0.05) is 27.7 Å². The van der Waals surface area contributed by atoms with Crippen LogP contribution in [0.1, 0.15) is 67.2 Å². The third kappa shape index (κ3) is 11.0. The molecule has 1 spiro atoms. The summed E-state index contributed by atoms with van der Waals surface area (Å²) >= 11 is 0. The van der Waals surface area contributed by atoms with Crippen LogP contribution in [-0.2, 0) is 52.2 Å². The summed E-state index contributed by atoms with van der Waals surface area (Å²) in [5, 5.41) is 0.641. The molecule has 0 amide bonds. The maximum Gasteiger partial charge on any atom is 0.332 e. The second kappa shape index (κ2) is 15.2. The lowest BCUT2D eigenvalue weighted by Crippen LogP contribution is -2.59. The van der Waals surface area contributed by atoms with Crippen molar-refractivity contribution in [3.8, 4) is 0 Å². The first kappa shape index (κ1) is 34.0. The Morgan fingerprint density at radius 2 is 1.44 bits per heavy atom. The van der Waals surface area contributed by atoms with E-state index in [9.17, 15) is 9.59 Å². The van der Waals surface area contributed by atoms with Crippen LogP contribution in [0.4, 0.5) is 0 Å². The summed E-state index contributed by atoms with van der Waals surface area (Å²) < 4.78 is 51.1. The molecule has 0 aromatic rings. The number of esters is 2. The Morgan fingerprint density at radius 1 is 0.872 bits per heavy atom. The molecule has 0 aromatic carbocycles. The highest BCUT2D eigenvalue weighted by Crippen LogP contribution is 2.39. The molecule has 0 N–H and O–H groups in total. The van der Waals surface area contributed by atoms with Crippen LogP contribution in [0.15, 0.2) is 0 Å². The average molecular weight is 579 g/mol.